The second-order valence-corrected chi connectivity index (χ2v) is 9.15. The molecular weight excluding hydrogens is 420 g/mol. The van der Waals surface area contributed by atoms with Crippen molar-refractivity contribution >= 4 is 21.6 Å². The summed E-state index contributed by atoms with van der Waals surface area (Å²) in [6.45, 7) is 4.48. The van der Waals surface area contributed by atoms with E-state index in [4.69, 9.17) is 14.5 Å². The summed E-state index contributed by atoms with van der Waals surface area (Å²) in [4.78, 5) is 22.9. The lowest BCUT2D eigenvalue weighted by molar-refractivity contribution is 0.211. The SMILES string of the molecule is CCOc1cc(-c2nc3sc4c(c3c(=O)[nH]2)CCCC4)ccc1OC(C)c1ccccc1. The van der Waals surface area contributed by atoms with Crippen LogP contribution in [0.2, 0.25) is 0 Å². The number of thiophene rings is 1. The van der Waals surface area contributed by atoms with Gasteiger partial charge in [0.25, 0.3) is 5.56 Å². The summed E-state index contributed by atoms with van der Waals surface area (Å²) in [6.07, 6.45) is 4.23. The highest BCUT2D eigenvalue weighted by Crippen LogP contribution is 2.37. The van der Waals surface area contributed by atoms with Gasteiger partial charge < -0.3 is 14.5 Å². The molecule has 0 amide bonds. The zero-order chi connectivity index (χ0) is 22.1. The average molecular weight is 447 g/mol. The molecule has 164 valence electrons. The van der Waals surface area contributed by atoms with E-state index in [1.807, 2.05) is 62.4 Å². The minimum Gasteiger partial charge on any atom is -0.490 e. The highest BCUT2D eigenvalue weighted by molar-refractivity contribution is 7.18. The van der Waals surface area contributed by atoms with Gasteiger partial charge in [0.2, 0.25) is 0 Å². The van der Waals surface area contributed by atoms with Gasteiger partial charge in [-0.1, -0.05) is 30.3 Å². The first-order valence-corrected chi connectivity index (χ1v) is 12.0. The van der Waals surface area contributed by atoms with Gasteiger partial charge in [0.05, 0.1) is 12.0 Å². The van der Waals surface area contributed by atoms with Gasteiger partial charge in [-0.05, 0) is 68.9 Å². The molecule has 1 aliphatic rings. The van der Waals surface area contributed by atoms with Gasteiger partial charge in [-0.3, -0.25) is 4.79 Å². The predicted octanol–water partition coefficient (Wildman–Crippen LogP) is 6.07. The van der Waals surface area contributed by atoms with Crippen LogP contribution < -0.4 is 15.0 Å². The summed E-state index contributed by atoms with van der Waals surface area (Å²) in [7, 11) is 0. The Labute approximate surface area is 191 Å². The molecule has 0 radical (unpaired) electrons. The van der Waals surface area contributed by atoms with Crippen LogP contribution in [-0.2, 0) is 12.8 Å². The zero-order valence-electron chi connectivity index (χ0n) is 18.3. The van der Waals surface area contributed by atoms with Crippen LogP contribution in [0.15, 0.2) is 53.3 Å². The number of nitrogens with zero attached hydrogens (tertiary/aromatic N) is 1. The number of hydrogen-bond donors (Lipinski definition) is 1. The van der Waals surface area contributed by atoms with Crippen LogP contribution in [0.5, 0.6) is 11.5 Å². The van der Waals surface area contributed by atoms with Gasteiger partial charge in [0, 0.05) is 10.4 Å². The number of nitrogens with one attached hydrogen (secondary N) is 1. The Morgan fingerprint density at radius 1 is 1.09 bits per heavy atom. The number of aryl methyl sites for hydroxylation is 2. The Morgan fingerprint density at radius 3 is 2.72 bits per heavy atom. The van der Waals surface area contributed by atoms with Gasteiger partial charge in [-0.2, -0.15) is 0 Å². The Bertz CT molecular complexity index is 1310. The summed E-state index contributed by atoms with van der Waals surface area (Å²) < 4.78 is 12.1. The normalized spacial score (nSPS) is 14.2. The smallest absolute Gasteiger partial charge is 0.260 e. The third kappa shape index (κ3) is 3.91. The Hall–Kier alpha value is -3.12. The molecule has 0 bridgehead atoms. The van der Waals surface area contributed by atoms with Crippen LogP contribution in [-0.4, -0.2) is 16.6 Å². The van der Waals surface area contributed by atoms with Crippen molar-refractivity contribution in [3.63, 3.8) is 0 Å². The van der Waals surface area contributed by atoms with Gasteiger partial charge >= 0.3 is 0 Å². The molecule has 2 aromatic heterocycles. The van der Waals surface area contributed by atoms with Crippen molar-refractivity contribution in [3.05, 3.63) is 74.9 Å². The van der Waals surface area contributed by atoms with Crippen molar-refractivity contribution in [2.45, 2.75) is 45.6 Å². The number of rotatable bonds is 6. The minimum atomic E-state index is -0.118. The summed E-state index contributed by atoms with van der Waals surface area (Å²) in [5, 5.41) is 0.773. The maximum absolute atomic E-state index is 12.9. The number of H-pyrrole nitrogens is 1. The van der Waals surface area contributed by atoms with Gasteiger partial charge in [-0.15, -0.1) is 11.3 Å². The molecule has 4 aromatic rings. The maximum Gasteiger partial charge on any atom is 0.260 e. The van der Waals surface area contributed by atoms with Gasteiger partial charge in [0.15, 0.2) is 11.5 Å². The molecule has 0 saturated carbocycles. The van der Waals surface area contributed by atoms with Crippen molar-refractivity contribution in [1.82, 2.24) is 9.97 Å². The molecule has 1 atom stereocenters. The van der Waals surface area contributed by atoms with Crippen molar-refractivity contribution < 1.29 is 9.47 Å². The third-order valence-electron chi connectivity index (χ3n) is 5.91. The van der Waals surface area contributed by atoms with Gasteiger partial charge in [-0.25, -0.2) is 4.98 Å². The lowest BCUT2D eigenvalue weighted by atomic mass is 9.97. The second-order valence-electron chi connectivity index (χ2n) is 8.07. The first-order valence-electron chi connectivity index (χ1n) is 11.2. The van der Waals surface area contributed by atoms with Crippen LogP contribution in [0, 0.1) is 0 Å². The number of aromatic amines is 1. The molecule has 2 heterocycles. The number of aromatic nitrogens is 2. The number of fused-ring (bicyclic) bond motifs is 3. The molecule has 0 saturated heterocycles. The lowest BCUT2D eigenvalue weighted by Crippen LogP contribution is -2.11. The zero-order valence-corrected chi connectivity index (χ0v) is 19.1. The van der Waals surface area contributed by atoms with E-state index in [1.165, 1.54) is 16.9 Å². The quantitative estimate of drug-likeness (QED) is 0.390. The van der Waals surface area contributed by atoms with Crippen LogP contribution in [0.1, 0.15) is 48.8 Å². The minimum absolute atomic E-state index is 0.0552. The molecule has 5 nitrogen and oxygen atoms in total. The van der Waals surface area contributed by atoms with E-state index in [2.05, 4.69) is 4.98 Å². The highest BCUT2D eigenvalue weighted by Gasteiger charge is 2.20. The Balaban J connectivity index is 1.50. The van der Waals surface area contributed by atoms with Crippen molar-refractivity contribution in [2.75, 3.05) is 6.61 Å². The van der Waals surface area contributed by atoms with E-state index in [-0.39, 0.29) is 11.7 Å². The molecule has 1 aliphatic carbocycles. The average Bonchev–Trinajstić information content (AvgIpc) is 3.20. The fraction of sp³-hybridized carbons (Fsp3) is 0.308. The summed E-state index contributed by atoms with van der Waals surface area (Å²) in [6, 6.07) is 15.8. The molecule has 0 spiro atoms. The Kier molecular flexibility index (Phi) is 5.70. The molecular formula is C26H26N2O3S. The maximum atomic E-state index is 12.9. The second kappa shape index (κ2) is 8.79. The molecule has 5 rings (SSSR count). The van der Waals surface area contributed by atoms with Crippen molar-refractivity contribution in [2.24, 2.45) is 0 Å². The van der Waals surface area contributed by atoms with Crippen molar-refractivity contribution in [3.8, 4) is 22.9 Å². The number of ether oxygens (including phenoxy) is 2. The van der Waals surface area contributed by atoms with E-state index in [1.54, 1.807) is 11.3 Å². The molecule has 0 aliphatic heterocycles. The van der Waals surface area contributed by atoms with E-state index in [0.29, 0.717) is 23.9 Å². The standard InChI is InChI=1S/C26H26N2O3S/c1-3-30-21-15-18(13-14-20(21)31-16(2)17-9-5-4-6-10-17)24-27-25(29)23-19-11-7-8-12-22(19)32-26(23)28-24/h4-6,9-10,13-16H,3,7-8,11-12H2,1-2H3,(H,27,28,29). The van der Waals surface area contributed by atoms with E-state index in [0.717, 1.165) is 40.6 Å². The topological polar surface area (TPSA) is 64.2 Å². The van der Waals surface area contributed by atoms with Crippen LogP contribution in [0.25, 0.3) is 21.6 Å². The Morgan fingerprint density at radius 2 is 1.91 bits per heavy atom. The van der Waals surface area contributed by atoms with E-state index >= 15 is 0 Å². The molecule has 6 heteroatoms. The van der Waals surface area contributed by atoms with Crippen LogP contribution in [0.3, 0.4) is 0 Å². The summed E-state index contributed by atoms with van der Waals surface area (Å²) in [5.41, 5.74) is 3.04. The first kappa shape index (κ1) is 20.8. The van der Waals surface area contributed by atoms with Crippen LogP contribution >= 0.6 is 11.3 Å². The third-order valence-corrected chi connectivity index (χ3v) is 7.10. The fourth-order valence-electron chi connectivity index (χ4n) is 4.30. The molecule has 1 N–H and O–H groups in total. The molecule has 1 unspecified atom stereocenters. The fourth-order valence-corrected chi connectivity index (χ4v) is 5.57. The molecule has 0 fully saturated rings. The largest absolute Gasteiger partial charge is 0.490 e. The highest BCUT2D eigenvalue weighted by atomic mass is 32.1. The van der Waals surface area contributed by atoms with Gasteiger partial charge in [0.1, 0.15) is 16.8 Å². The number of benzene rings is 2. The van der Waals surface area contributed by atoms with Crippen molar-refractivity contribution in [1.29, 1.82) is 0 Å². The predicted molar refractivity (Wildman–Crippen MR) is 129 cm³/mol. The lowest BCUT2D eigenvalue weighted by Gasteiger charge is -2.18. The van der Waals surface area contributed by atoms with E-state index in [9.17, 15) is 4.79 Å². The number of hydrogen-bond acceptors (Lipinski definition) is 5. The first-order chi connectivity index (χ1) is 15.6. The molecule has 32 heavy (non-hydrogen) atoms. The van der Waals surface area contributed by atoms with E-state index < -0.39 is 0 Å². The monoisotopic (exact) mass is 446 g/mol. The molecule has 2 aromatic carbocycles. The summed E-state index contributed by atoms with van der Waals surface area (Å²) in [5.74, 6) is 1.87. The van der Waals surface area contributed by atoms with Crippen LogP contribution in [0.4, 0.5) is 0 Å². The summed E-state index contributed by atoms with van der Waals surface area (Å²) >= 11 is 1.66.